The number of rotatable bonds is 9. The van der Waals surface area contributed by atoms with Crippen molar-refractivity contribution in [1.82, 2.24) is 9.62 Å². The van der Waals surface area contributed by atoms with Gasteiger partial charge in [0.15, 0.2) is 5.25 Å². The van der Waals surface area contributed by atoms with Gasteiger partial charge in [0.1, 0.15) is 0 Å². The summed E-state index contributed by atoms with van der Waals surface area (Å²) in [6.07, 6.45) is 0.615. The van der Waals surface area contributed by atoms with Crippen LogP contribution < -0.4 is 5.32 Å². The molecular formula is C10H20N2O6S. The summed E-state index contributed by atoms with van der Waals surface area (Å²) < 4.78 is 29.0. The van der Waals surface area contributed by atoms with E-state index in [1.165, 1.54) is 14.2 Å². The standard InChI is InChI=1S/C10H20N2O6S/c1-8(10(14)15)19(16,17)12(2)7-9(13)11-5-4-6-18-3/h8H,4-7H2,1-3H3,(H,11,13)(H,14,15). The van der Waals surface area contributed by atoms with Crippen molar-refractivity contribution in [3.05, 3.63) is 0 Å². The van der Waals surface area contributed by atoms with Crippen molar-refractivity contribution in [3.8, 4) is 0 Å². The molecule has 0 aliphatic carbocycles. The summed E-state index contributed by atoms with van der Waals surface area (Å²) in [5.41, 5.74) is 0. The maximum absolute atomic E-state index is 11.7. The lowest BCUT2D eigenvalue weighted by molar-refractivity contribution is -0.136. The van der Waals surface area contributed by atoms with Crippen LogP contribution in [0.25, 0.3) is 0 Å². The van der Waals surface area contributed by atoms with Crippen LogP contribution >= 0.6 is 0 Å². The minimum Gasteiger partial charge on any atom is -0.480 e. The van der Waals surface area contributed by atoms with Gasteiger partial charge in [0.2, 0.25) is 15.9 Å². The van der Waals surface area contributed by atoms with Crippen LogP contribution in [0.1, 0.15) is 13.3 Å². The second-order valence-electron chi connectivity index (χ2n) is 3.98. The molecule has 0 fully saturated rings. The number of hydrogen-bond acceptors (Lipinski definition) is 5. The fraction of sp³-hybridized carbons (Fsp3) is 0.800. The van der Waals surface area contributed by atoms with Gasteiger partial charge < -0.3 is 15.2 Å². The van der Waals surface area contributed by atoms with Gasteiger partial charge in [-0.15, -0.1) is 0 Å². The van der Waals surface area contributed by atoms with Crippen molar-refractivity contribution in [2.75, 3.05) is 33.9 Å². The van der Waals surface area contributed by atoms with Crippen molar-refractivity contribution in [2.24, 2.45) is 0 Å². The number of nitrogens with zero attached hydrogens (tertiary/aromatic N) is 1. The first-order valence-electron chi connectivity index (χ1n) is 5.67. The van der Waals surface area contributed by atoms with E-state index in [-0.39, 0.29) is 0 Å². The fourth-order valence-electron chi connectivity index (χ4n) is 1.19. The third-order valence-corrected chi connectivity index (χ3v) is 4.54. The van der Waals surface area contributed by atoms with Gasteiger partial charge in [0.25, 0.3) is 0 Å². The smallest absolute Gasteiger partial charge is 0.323 e. The Hall–Kier alpha value is -1.19. The molecule has 0 spiro atoms. The Morgan fingerprint density at radius 1 is 1.42 bits per heavy atom. The fourth-order valence-corrected chi connectivity index (χ4v) is 2.28. The maximum Gasteiger partial charge on any atom is 0.323 e. The summed E-state index contributed by atoms with van der Waals surface area (Å²) in [5, 5.41) is 9.61. The van der Waals surface area contributed by atoms with E-state index in [2.05, 4.69) is 5.32 Å². The van der Waals surface area contributed by atoms with Gasteiger partial charge >= 0.3 is 5.97 Å². The minimum absolute atomic E-state index is 0.370. The van der Waals surface area contributed by atoms with Gasteiger partial charge in [0.05, 0.1) is 6.54 Å². The molecule has 2 N–H and O–H groups in total. The number of nitrogens with one attached hydrogen (secondary N) is 1. The molecule has 0 aromatic heterocycles. The Labute approximate surface area is 112 Å². The van der Waals surface area contributed by atoms with E-state index >= 15 is 0 Å². The number of carbonyl (C=O) groups is 2. The van der Waals surface area contributed by atoms with Crippen LogP contribution in [0, 0.1) is 0 Å². The van der Waals surface area contributed by atoms with Crippen molar-refractivity contribution in [2.45, 2.75) is 18.6 Å². The van der Waals surface area contributed by atoms with Gasteiger partial charge in [-0.3, -0.25) is 9.59 Å². The molecule has 1 unspecified atom stereocenters. The summed E-state index contributed by atoms with van der Waals surface area (Å²) in [5.74, 6) is -1.94. The molecule has 0 saturated heterocycles. The monoisotopic (exact) mass is 296 g/mol. The van der Waals surface area contributed by atoms with Crippen molar-refractivity contribution in [3.63, 3.8) is 0 Å². The second-order valence-corrected chi connectivity index (χ2v) is 6.34. The highest BCUT2D eigenvalue weighted by atomic mass is 32.2. The van der Waals surface area contributed by atoms with Crippen LogP contribution in [0.2, 0.25) is 0 Å². The van der Waals surface area contributed by atoms with E-state index in [1.54, 1.807) is 0 Å². The number of carboxylic acids is 1. The van der Waals surface area contributed by atoms with Crippen molar-refractivity contribution in [1.29, 1.82) is 0 Å². The Balaban J connectivity index is 4.33. The van der Waals surface area contributed by atoms with E-state index in [4.69, 9.17) is 9.84 Å². The number of methoxy groups -OCH3 is 1. The zero-order valence-corrected chi connectivity index (χ0v) is 12.1. The Bertz CT molecular complexity index is 408. The van der Waals surface area contributed by atoms with E-state index < -0.39 is 33.7 Å². The zero-order valence-electron chi connectivity index (χ0n) is 11.2. The van der Waals surface area contributed by atoms with Crippen LogP contribution in [0.5, 0.6) is 0 Å². The van der Waals surface area contributed by atoms with Crippen LogP contribution in [0.15, 0.2) is 0 Å². The molecule has 19 heavy (non-hydrogen) atoms. The first-order valence-corrected chi connectivity index (χ1v) is 7.17. The van der Waals surface area contributed by atoms with Gasteiger partial charge in [0, 0.05) is 27.3 Å². The summed E-state index contributed by atoms with van der Waals surface area (Å²) in [7, 11) is -1.31. The third-order valence-electron chi connectivity index (χ3n) is 2.44. The van der Waals surface area contributed by atoms with Crippen LogP contribution in [0.3, 0.4) is 0 Å². The van der Waals surface area contributed by atoms with Crippen molar-refractivity contribution >= 4 is 21.9 Å². The number of carbonyl (C=O) groups excluding carboxylic acids is 1. The molecule has 8 nitrogen and oxygen atoms in total. The Kier molecular flexibility index (Phi) is 7.57. The molecule has 1 atom stereocenters. The minimum atomic E-state index is -4.02. The zero-order chi connectivity index (χ0) is 15.1. The van der Waals surface area contributed by atoms with Gasteiger partial charge in [-0.05, 0) is 13.3 Å². The second kappa shape index (κ2) is 8.08. The van der Waals surface area contributed by atoms with E-state index in [0.29, 0.717) is 19.6 Å². The average Bonchev–Trinajstić information content (AvgIpc) is 2.33. The third kappa shape index (κ3) is 5.99. The average molecular weight is 296 g/mol. The molecular weight excluding hydrogens is 276 g/mol. The SMILES string of the molecule is COCCCNC(=O)CN(C)S(=O)(=O)C(C)C(=O)O. The van der Waals surface area contributed by atoms with E-state index in [0.717, 1.165) is 11.2 Å². The molecule has 0 aromatic rings. The predicted octanol–water partition coefficient (Wildman–Crippen LogP) is -1.13. The lowest BCUT2D eigenvalue weighted by atomic mass is 10.4. The first kappa shape index (κ1) is 17.8. The van der Waals surface area contributed by atoms with Crippen molar-refractivity contribution < 1.29 is 27.9 Å². The van der Waals surface area contributed by atoms with Crippen LogP contribution in [-0.2, 0) is 24.3 Å². The molecule has 1 amide bonds. The van der Waals surface area contributed by atoms with Crippen LogP contribution in [-0.4, -0.2) is 68.8 Å². The molecule has 112 valence electrons. The highest BCUT2D eigenvalue weighted by Crippen LogP contribution is 2.06. The van der Waals surface area contributed by atoms with E-state index in [9.17, 15) is 18.0 Å². The highest BCUT2D eigenvalue weighted by Gasteiger charge is 2.32. The Morgan fingerprint density at radius 2 is 2.00 bits per heavy atom. The summed E-state index contributed by atoms with van der Waals surface area (Å²) in [6.45, 7) is 1.51. The largest absolute Gasteiger partial charge is 0.480 e. The molecule has 0 bridgehead atoms. The summed E-state index contributed by atoms with van der Waals surface area (Å²) >= 11 is 0. The number of hydrogen-bond donors (Lipinski definition) is 2. The summed E-state index contributed by atoms with van der Waals surface area (Å²) in [4.78, 5) is 22.1. The number of ether oxygens (including phenoxy) is 1. The maximum atomic E-state index is 11.7. The molecule has 0 heterocycles. The summed E-state index contributed by atoms with van der Waals surface area (Å²) in [6, 6.07) is 0. The molecule has 0 saturated carbocycles. The number of sulfonamides is 1. The Morgan fingerprint density at radius 3 is 2.47 bits per heavy atom. The predicted molar refractivity (Wildman–Crippen MR) is 68.2 cm³/mol. The lowest BCUT2D eigenvalue weighted by Crippen LogP contribution is -2.44. The van der Waals surface area contributed by atoms with Gasteiger partial charge in [-0.1, -0.05) is 0 Å². The molecule has 0 aliphatic heterocycles. The molecule has 0 aliphatic rings. The number of aliphatic carboxylic acids is 1. The van der Waals surface area contributed by atoms with E-state index in [1.807, 2.05) is 0 Å². The van der Waals surface area contributed by atoms with Gasteiger partial charge in [-0.25, -0.2) is 8.42 Å². The quantitative estimate of drug-likeness (QED) is 0.521. The number of carboxylic acid groups (broad SMARTS) is 1. The molecule has 0 rings (SSSR count). The highest BCUT2D eigenvalue weighted by molar-refractivity contribution is 7.90. The number of amides is 1. The molecule has 9 heteroatoms. The molecule has 0 radical (unpaired) electrons. The van der Waals surface area contributed by atoms with Gasteiger partial charge in [-0.2, -0.15) is 4.31 Å². The molecule has 0 aromatic carbocycles. The first-order chi connectivity index (χ1) is 8.73. The topological polar surface area (TPSA) is 113 Å². The van der Waals surface area contributed by atoms with Crippen LogP contribution in [0.4, 0.5) is 0 Å². The number of likely N-dealkylation sites (N-methyl/N-ethyl adjacent to an activating group) is 1. The lowest BCUT2D eigenvalue weighted by Gasteiger charge is -2.19. The normalized spacial score (nSPS) is 13.3.